The number of hydrogen-bond donors (Lipinski definition) is 0. The van der Waals surface area contributed by atoms with Crippen LogP contribution >= 0.6 is 0 Å². The van der Waals surface area contributed by atoms with Crippen molar-refractivity contribution in [2.24, 2.45) is 0 Å². The van der Waals surface area contributed by atoms with E-state index >= 15 is 0 Å². The first-order valence-corrected chi connectivity index (χ1v) is 31.9. The average Bonchev–Trinajstić information content (AvgIpc) is 1.66. The minimum atomic E-state index is -0.189. The SMILES string of the molecule is CC(C)(C)c1cc2c3c(c1)N1c4c(cc(C(C)(C)C)cc4-n4c5ccc(C(C)(C)C)cc5c5cc(C(C)(C)C)cc1c54)B3c1ccc(-n3c4ccc(C(C)(C)C)cc4c4cc(C(C)(C)C)ccc43)cc1N2c1ccc(-c2ccc3ccccc3c2)cc1. The van der Waals surface area contributed by atoms with E-state index in [1.807, 2.05) is 0 Å². The molecular formula is C82H83BN4. The third-order valence-corrected chi connectivity index (χ3v) is 19.9. The zero-order valence-electron chi connectivity index (χ0n) is 54.6. The fourth-order valence-corrected chi connectivity index (χ4v) is 14.6. The number of anilines is 6. The summed E-state index contributed by atoms with van der Waals surface area (Å²) >= 11 is 0. The maximum atomic E-state index is 2.74. The van der Waals surface area contributed by atoms with Crippen molar-refractivity contribution in [3.8, 4) is 22.5 Å². The minimum absolute atomic E-state index is 0.00909. The molecule has 0 spiro atoms. The molecule has 0 aliphatic carbocycles. The van der Waals surface area contributed by atoms with Crippen LogP contribution in [0.2, 0.25) is 0 Å². The number of fused-ring (bicyclic) bond motifs is 13. The average molecular weight is 1140 g/mol. The third-order valence-electron chi connectivity index (χ3n) is 19.9. The van der Waals surface area contributed by atoms with E-state index < -0.39 is 0 Å². The van der Waals surface area contributed by atoms with Crippen LogP contribution in [-0.2, 0) is 32.5 Å². The van der Waals surface area contributed by atoms with Crippen molar-refractivity contribution in [2.45, 2.75) is 157 Å². The Morgan fingerprint density at radius 1 is 0.287 bits per heavy atom. The highest BCUT2D eigenvalue weighted by Gasteiger charge is 2.48. The number of rotatable bonds is 3. The first-order chi connectivity index (χ1) is 40.9. The van der Waals surface area contributed by atoms with E-state index in [-0.39, 0.29) is 39.2 Å². The molecule has 0 saturated carbocycles. The second-order valence-electron chi connectivity index (χ2n) is 32.1. The summed E-state index contributed by atoms with van der Waals surface area (Å²) in [4.78, 5) is 5.38. The third kappa shape index (κ3) is 8.45. The van der Waals surface area contributed by atoms with Crippen molar-refractivity contribution in [1.82, 2.24) is 9.13 Å². The van der Waals surface area contributed by atoms with E-state index in [4.69, 9.17) is 0 Å². The molecule has 3 aliphatic rings. The van der Waals surface area contributed by atoms with Gasteiger partial charge in [0.15, 0.2) is 0 Å². The lowest BCUT2D eigenvalue weighted by Crippen LogP contribution is -2.62. The predicted molar refractivity (Wildman–Crippen MR) is 378 cm³/mol. The van der Waals surface area contributed by atoms with Gasteiger partial charge in [-0.2, -0.15) is 0 Å². The summed E-state index contributed by atoms with van der Waals surface area (Å²) in [7, 11) is 0. The summed E-state index contributed by atoms with van der Waals surface area (Å²) in [6.07, 6.45) is 0. The van der Waals surface area contributed by atoms with E-state index in [1.165, 1.54) is 149 Å². The van der Waals surface area contributed by atoms with Gasteiger partial charge in [0.2, 0.25) is 0 Å². The van der Waals surface area contributed by atoms with Crippen LogP contribution in [0.5, 0.6) is 0 Å². The first kappa shape index (κ1) is 55.3. The molecule has 0 atom stereocenters. The van der Waals surface area contributed by atoms with E-state index in [2.05, 4.69) is 319 Å². The van der Waals surface area contributed by atoms with Gasteiger partial charge in [0, 0.05) is 50.0 Å². The number of benzene rings is 10. The summed E-state index contributed by atoms with van der Waals surface area (Å²) in [5.41, 5.74) is 28.7. The van der Waals surface area contributed by atoms with Crippen LogP contribution in [0.4, 0.5) is 34.1 Å². The number of nitrogens with zero attached hydrogens (tertiary/aromatic N) is 4. The minimum Gasteiger partial charge on any atom is -0.311 e. The zero-order chi connectivity index (χ0) is 61.1. The van der Waals surface area contributed by atoms with Gasteiger partial charge in [-0.05, 0) is 201 Å². The quantitative estimate of drug-likeness (QED) is 0.164. The molecule has 0 N–H and O–H groups in total. The Bertz CT molecular complexity index is 4850. The van der Waals surface area contributed by atoms with Crippen LogP contribution in [0, 0.1) is 0 Å². The summed E-state index contributed by atoms with van der Waals surface area (Å²) < 4.78 is 5.22. The van der Waals surface area contributed by atoms with Gasteiger partial charge in [-0.15, -0.1) is 0 Å². The smallest absolute Gasteiger partial charge is 0.252 e. The van der Waals surface area contributed by atoms with Crippen LogP contribution in [0.15, 0.2) is 176 Å². The van der Waals surface area contributed by atoms with Crippen molar-refractivity contribution >= 4 is 112 Å². The lowest BCUT2D eigenvalue weighted by atomic mass is 9.33. The Balaban J connectivity index is 1.06. The van der Waals surface area contributed by atoms with Gasteiger partial charge in [0.05, 0.1) is 39.1 Å². The van der Waals surface area contributed by atoms with Gasteiger partial charge in [0.25, 0.3) is 6.71 Å². The summed E-state index contributed by atoms with van der Waals surface area (Å²) in [5.74, 6) is 0. The molecule has 3 aliphatic heterocycles. The van der Waals surface area contributed by atoms with Crippen molar-refractivity contribution in [1.29, 1.82) is 0 Å². The molecule has 434 valence electrons. The summed E-state index contributed by atoms with van der Waals surface area (Å²) in [6.45, 7) is 42.5. The maximum Gasteiger partial charge on any atom is 0.252 e. The molecule has 0 fully saturated rings. The lowest BCUT2D eigenvalue weighted by molar-refractivity contribution is 0.589. The number of hydrogen-bond acceptors (Lipinski definition) is 2. The van der Waals surface area contributed by atoms with Crippen LogP contribution < -0.4 is 26.2 Å². The highest BCUT2D eigenvalue weighted by molar-refractivity contribution is 7.00. The van der Waals surface area contributed by atoms with Gasteiger partial charge in [0.1, 0.15) is 0 Å². The molecule has 5 heterocycles. The standard InChI is InChI=1S/C82H83BN4/c1-77(2,3)52-27-34-66-60(38-52)61-39-53(78(4,5)6)28-35-67(61)85(66)59-32-33-64-69(47-59)84(58-30-25-49(26-31-58)51-24-23-48-21-19-20-22-50(48)37-51)70-43-57(82(16,17)18)44-71-74(70)83(64)65-42-56(81(13,14)15)46-73-76(65)87(71)72-45-55(80(10,11)12)41-63-62-40-54(79(7,8)9)29-36-68(62)86(73)75(63)72/h19-47H,1-18H3. The molecular weight excluding hydrogens is 1050 g/mol. The van der Waals surface area contributed by atoms with Crippen LogP contribution in [-0.4, -0.2) is 15.8 Å². The van der Waals surface area contributed by atoms with Gasteiger partial charge in [-0.25, -0.2) is 0 Å². The van der Waals surface area contributed by atoms with E-state index in [9.17, 15) is 0 Å². The Hall–Kier alpha value is -8.28. The van der Waals surface area contributed by atoms with E-state index in [0.29, 0.717) is 0 Å². The Morgan fingerprint density at radius 3 is 1.30 bits per heavy atom. The highest BCUT2D eigenvalue weighted by atomic mass is 15.2. The first-order valence-electron chi connectivity index (χ1n) is 31.9. The molecule has 5 heteroatoms. The largest absolute Gasteiger partial charge is 0.311 e. The predicted octanol–water partition coefficient (Wildman–Crippen LogP) is 20.9. The molecule has 0 radical (unpaired) electrons. The molecule has 0 unspecified atom stereocenters. The topological polar surface area (TPSA) is 16.3 Å². The van der Waals surface area contributed by atoms with Gasteiger partial charge in [-0.3, -0.25) is 0 Å². The van der Waals surface area contributed by atoms with Crippen LogP contribution in [0.25, 0.3) is 76.9 Å². The fourth-order valence-electron chi connectivity index (χ4n) is 14.6. The molecule has 4 nitrogen and oxygen atoms in total. The van der Waals surface area contributed by atoms with Crippen molar-refractivity contribution in [2.75, 3.05) is 9.80 Å². The van der Waals surface area contributed by atoms with Crippen molar-refractivity contribution in [3.05, 3.63) is 209 Å². The van der Waals surface area contributed by atoms with Gasteiger partial charge < -0.3 is 18.9 Å². The molecule has 2 aromatic heterocycles. The fraction of sp³-hybridized carbons (Fsp3) is 0.293. The molecule has 0 amide bonds. The monoisotopic (exact) mass is 1130 g/mol. The molecule has 0 saturated heterocycles. The second-order valence-corrected chi connectivity index (χ2v) is 32.1. The Labute approximate surface area is 516 Å². The van der Waals surface area contributed by atoms with Crippen LogP contribution in [0.3, 0.4) is 0 Å². The zero-order valence-corrected chi connectivity index (χ0v) is 54.6. The van der Waals surface area contributed by atoms with Crippen LogP contribution in [0.1, 0.15) is 158 Å². The maximum absolute atomic E-state index is 2.74. The number of aromatic nitrogens is 2. The summed E-state index contributed by atoms with van der Waals surface area (Å²) in [6, 6.07) is 69.7. The lowest BCUT2D eigenvalue weighted by Gasteiger charge is -2.47. The second kappa shape index (κ2) is 18.2. The molecule has 15 rings (SSSR count). The Morgan fingerprint density at radius 2 is 0.736 bits per heavy atom. The normalized spacial score (nSPS) is 14.3. The van der Waals surface area contributed by atoms with Gasteiger partial charge in [-0.1, -0.05) is 203 Å². The van der Waals surface area contributed by atoms with E-state index in [0.717, 1.165) is 11.4 Å². The highest BCUT2D eigenvalue weighted by Crippen LogP contribution is 2.55. The molecule has 87 heavy (non-hydrogen) atoms. The van der Waals surface area contributed by atoms with E-state index in [1.54, 1.807) is 0 Å². The van der Waals surface area contributed by atoms with Crippen molar-refractivity contribution < 1.29 is 0 Å². The molecule has 0 bridgehead atoms. The molecule has 12 aromatic rings. The van der Waals surface area contributed by atoms with Crippen molar-refractivity contribution in [3.63, 3.8) is 0 Å². The van der Waals surface area contributed by atoms with Gasteiger partial charge >= 0.3 is 0 Å². The summed E-state index contributed by atoms with van der Waals surface area (Å²) in [5, 5.41) is 7.72. The Kier molecular flexibility index (Phi) is 11.5. The molecule has 10 aromatic carbocycles.